The quantitative estimate of drug-likeness (QED) is 0.341. The molecule has 1 rings (SSSR count). The molecule has 17 heavy (non-hydrogen) atoms. The molecule has 0 aromatic heterocycles. The molecule has 1 aliphatic rings. The number of hydrogen-bond donors (Lipinski definition) is 2. The van der Waals surface area contributed by atoms with Crippen LogP contribution in [0.25, 0.3) is 0 Å². The minimum atomic E-state index is 0.610. The third-order valence-electron chi connectivity index (χ3n) is 3.42. The van der Waals surface area contributed by atoms with E-state index in [1.54, 1.807) is 0 Å². The molecule has 1 aliphatic carbocycles. The Bertz CT molecular complexity index is 250. The average molecular weight is 237 g/mol. The highest BCUT2D eigenvalue weighted by Gasteiger charge is 2.18. The summed E-state index contributed by atoms with van der Waals surface area (Å²) in [6, 6.07) is 0.610. The van der Waals surface area contributed by atoms with Crippen LogP contribution >= 0.6 is 0 Å². The van der Waals surface area contributed by atoms with E-state index in [1.807, 2.05) is 7.05 Å². The first-order valence-electron chi connectivity index (χ1n) is 6.84. The maximum Gasteiger partial charge on any atom is 0.191 e. The van der Waals surface area contributed by atoms with Crippen molar-refractivity contribution in [2.24, 2.45) is 10.9 Å². The van der Waals surface area contributed by atoms with Crippen molar-refractivity contribution < 1.29 is 0 Å². The van der Waals surface area contributed by atoms with Crippen LogP contribution in [0.4, 0.5) is 0 Å². The third kappa shape index (κ3) is 5.76. The van der Waals surface area contributed by atoms with Gasteiger partial charge in [0.15, 0.2) is 5.96 Å². The highest BCUT2D eigenvalue weighted by molar-refractivity contribution is 5.79. The molecule has 0 unspecified atom stereocenters. The van der Waals surface area contributed by atoms with Crippen LogP contribution in [0.15, 0.2) is 17.1 Å². The van der Waals surface area contributed by atoms with Gasteiger partial charge in [-0.1, -0.05) is 19.1 Å². The van der Waals surface area contributed by atoms with E-state index in [0.717, 1.165) is 24.8 Å². The fraction of sp³-hybridized carbons (Fsp3) is 0.786. The van der Waals surface area contributed by atoms with Crippen molar-refractivity contribution in [3.63, 3.8) is 0 Å². The zero-order valence-electron chi connectivity index (χ0n) is 11.5. The highest BCUT2D eigenvalue weighted by atomic mass is 15.2. The summed E-state index contributed by atoms with van der Waals surface area (Å²) in [5, 5.41) is 6.87. The second-order valence-electron chi connectivity index (χ2n) is 4.96. The summed E-state index contributed by atoms with van der Waals surface area (Å²) >= 11 is 0. The molecule has 0 amide bonds. The van der Waals surface area contributed by atoms with Crippen molar-refractivity contribution in [2.75, 3.05) is 13.6 Å². The predicted molar refractivity (Wildman–Crippen MR) is 75.3 cm³/mol. The van der Waals surface area contributed by atoms with E-state index in [4.69, 9.17) is 0 Å². The molecule has 0 saturated heterocycles. The van der Waals surface area contributed by atoms with Crippen LogP contribution in [-0.4, -0.2) is 25.6 Å². The lowest BCUT2D eigenvalue weighted by molar-refractivity contribution is 0.329. The zero-order valence-corrected chi connectivity index (χ0v) is 11.5. The highest BCUT2D eigenvalue weighted by Crippen LogP contribution is 2.23. The first-order valence-corrected chi connectivity index (χ1v) is 6.84. The maximum absolute atomic E-state index is 4.27. The maximum atomic E-state index is 4.27. The largest absolute Gasteiger partial charge is 0.356 e. The molecule has 0 heterocycles. The van der Waals surface area contributed by atoms with E-state index < -0.39 is 0 Å². The predicted octanol–water partition coefficient (Wildman–Crippen LogP) is 2.70. The monoisotopic (exact) mass is 237 g/mol. The fourth-order valence-corrected chi connectivity index (χ4v) is 2.23. The number of aliphatic imine (C=N–C) groups is 1. The van der Waals surface area contributed by atoms with Gasteiger partial charge in [-0.3, -0.25) is 4.99 Å². The van der Waals surface area contributed by atoms with Crippen LogP contribution in [-0.2, 0) is 0 Å². The zero-order chi connectivity index (χ0) is 12.5. The standard InChI is InChI=1S/C14H27N3/c1-4-5-6-11-16-14(15-3)17-13-9-7-12(2)8-10-13/h4-5,12-13H,6-11H2,1-3H3,(H2,15,16,17)/b5-4+. The summed E-state index contributed by atoms with van der Waals surface area (Å²) in [6.07, 6.45) is 10.5. The van der Waals surface area contributed by atoms with Crippen molar-refractivity contribution in [3.05, 3.63) is 12.2 Å². The minimum absolute atomic E-state index is 0.610. The Labute approximate surface area is 106 Å². The molecular weight excluding hydrogens is 210 g/mol. The summed E-state index contributed by atoms with van der Waals surface area (Å²) in [5.74, 6) is 1.85. The summed E-state index contributed by atoms with van der Waals surface area (Å²) < 4.78 is 0. The van der Waals surface area contributed by atoms with Crippen molar-refractivity contribution in [1.29, 1.82) is 0 Å². The summed E-state index contributed by atoms with van der Waals surface area (Å²) in [7, 11) is 1.84. The van der Waals surface area contributed by atoms with Crippen LogP contribution in [0.3, 0.4) is 0 Å². The van der Waals surface area contributed by atoms with Crippen molar-refractivity contribution in [1.82, 2.24) is 10.6 Å². The molecule has 0 aromatic rings. The number of allylic oxidation sites excluding steroid dienone is 1. The topological polar surface area (TPSA) is 36.4 Å². The van der Waals surface area contributed by atoms with Crippen LogP contribution in [0, 0.1) is 5.92 Å². The van der Waals surface area contributed by atoms with E-state index in [9.17, 15) is 0 Å². The van der Waals surface area contributed by atoms with E-state index in [0.29, 0.717) is 6.04 Å². The van der Waals surface area contributed by atoms with Gasteiger partial charge in [-0.15, -0.1) is 0 Å². The second kappa shape index (κ2) is 8.15. The van der Waals surface area contributed by atoms with Gasteiger partial charge in [0.05, 0.1) is 0 Å². The van der Waals surface area contributed by atoms with E-state index in [2.05, 4.69) is 41.6 Å². The van der Waals surface area contributed by atoms with Gasteiger partial charge in [-0.05, 0) is 44.9 Å². The van der Waals surface area contributed by atoms with E-state index in [-0.39, 0.29) is 0 Å². The Morgan fingerprint density at radius 2 is 2.00 bits per heavy atom. The van der Waals surface area contributed by atoms with Gasteiger partial charge in [-0.2, -0.15) is 0 Å². The molecule has 0 atom stereocenters. The number of guanidine groups is 1. The lowest BCUT2D eigenvalue weighted by atomic mass is 9.87. The Hall–Kier alpha value is -0.990. The van der Waals surface area contributed by atoms with Gasteiger partial charge >= 0.3 is 0 Å². The summed E-state index contributed by atoms with van der Waals surface area (Å²) in [5.41, 5.74) is 0. The molecule has 2 N–H and O–H groups in total. The SMILES string of the molecule is C/C=C/CCNC(=NC)NC1CCC(C)CC1. The first-order chi connectivity index (χ1) is 8.26. The van der Waals surface area contributed by atoms with Crippen molar-refractivity contribution >= 4 is 5.96 Å². The van der Waals surface area contributed by atoms with Gasteiger partial charge in [0.2, 0.25) is 0 Å². The molecule has 98 valence electrons. The van der Waals surface area contributed by atoms with E-state index >= 15 is 0 Å². The Balaban J connectivity index is 2.22. The first kappa shape index (κ1) is 14.1. The molecule has 0 bridgehead atoms. The van der Waals surface area contributed by atoms with E-state index in [1.165, 1.54) is 25.7 Å². The minimum Gasteiger partial charge on any atom is -0.356 e. The van der Waals surface area contributed by atoms with Gasteiger partial charge in [0, 0.05) is 19.6 Å². The molecule has 1 fully saturated rings. The molecule has 0 spiro atoms. The summed E-state index contributed by atoms with van der Waals surface area (Å²) in [4.78, 5) is 4.27. The van der Waals surface area contributed by atoms with Gasteiger partial charge < -0.3 is 10.6 Å². The Kier molecular flexibility index (Phi) is 6.75. The smallest absolute Gasteiger partial charge is 0.191 e. The van der Waals surface area contributed by atoms with Gasteiger partial charge in [0.1, 0.15) is 0 Å². The summed E-state index contributed by atoms with van der Waals surface area (Å²) in [6.45, 7) is 5.35. The van der Waals surface area contributed by atoms with Crippen molar-refractivity contribution in [3.8, 4) is 0 Å². The van der Waals surface area contributed by atoms with Gasteiger partial charge in [0.25, 0.3) is 0 Å². The molecular formula is C14H27N3. The molecule has 0 radical (unpaired) electrons. The van der Waals surface area contributed by atoms with Crippen LogP contribution in [0.1, 0.15) is 46.0 Å². The number of nitrogens with zero attached hydrogens (tertiary/aromatic N) is 1. The van der Waals surface area contributed by atoms with Gasteiger partial charge in [-0.25, -0.2) is 0 Å². The Morgan fingerprint density at radius 1 is 1.29 bits per heavy atom. The molecule has 0 aromatic carbocycles. The van der Waals surface area contributed by atoms with Crippen molar-refractivity contribution in [2.45, 2.75) is 52.0 Å². The fourth-order valence-electron chi connectivity index (χ4n) is 2.23. The molecule has 3 heteroatoms. The average Bonchev–Trinajstić information content (AvgIpc) is 2.35. The number of rotatable bonds is 4. The lowest BCUT2D eigenvalue weighted by Gasteiger charge is -2.28. The number of hydrogen-bond acceptors (Lipinski definition) is 1. The second-order valence-corrected chi connectivity index (χ2v) is 4.96. The van der Waals surface area contributed by atoms with Crippen LogP contribution in [0.2, 0.25) is 0 Å². The Morgan fingerprint density at radius 3 is 2.59 bits per heavy atom. The lowest BCUT2D eigenvalue weighted by Crippen LogP contribution is -2.44. The third-order valence-corrected chi connectivity index (χ3v) is 3.42. The molecule has 0 aliphatic heterocycles. The van der Waals surface area contributed by atoms with Crippen LogP contribution in [0.5, 0.6) is 0 Å². The van der Waals surface area contributed by atoms with Crippen LogP contribution < -0.4 is 10.6 Å². The normalized spacial score (nSPS) is 26.2. The molecule has 3 nitrogen and oxygen atoms in total. The number of nitrogens with one attached hydrogen (secondary N) is 2. The molecule has 1 saturated carbocycles.